The van der Waals surface area contributed by atoms with E-state index in [1.54, 1.807) is 12.4 Å². The fourth-order valence-electron chi connectivity index (χ4n) is 3.08. The average Bonchev–Trinajstić information content (AvgIpc) is 3.21. The van der Waals surface area contributed by atoms with Gasteiger partial charge in [0.2, 0.25) is 5.91 Å². The average molecular weight is 313 g/mol. The summed E-state index contributed by atoms with van der Waals surface area (Å²) in [5, 5.41) is 0. The van der Waals surface area contributed by atoms with Crippen LogP contribution in [-0.4, -0.2) is 33.9 Å². The molecule has 1 atom stereocenters. The van der Waals surface area contributed by atoms with Crippen molar-refractivity contribution in [2.45, 2.75) is 39.2 Å². The zero-order chi connectivity index (χ0) is 16.2. The molecule has 3 rings (SSSR count). The van der Waals surface area contributed by atoms with E-state index in [4.69, 9.17) is 4.74 Å². The third-order valence-corrected chi connectivity index (χ3v) is 4.54. The van der Waals surface area contributed by atoms with E-state index in [1.807, 2.05) is 24.0 Å². The highest BCUT2D eigenvalue weighted by molar-refractivity contribution is 5.77. The highest BCUT2D eigenvalue weighted by Gasteiger charge is 2.31. The molecule has 1 amide bonds. The van der Waals surface area contributed by atoms with Crippen LogP contribution in [0.2, 0.25) is 0 Å². The van der Waals surface area contributed by atoms with Gasteiger partial charge in [0.25, 0.3) is 0 Å². The standard InChI is InChI=1S/C18H23N3O2/c1-13-5-3-7-16(14(13)2)23-12-8-17(22)21-11-4-6-15(21)18-19-9-10-20-18/h3,5,7,9-10,15H,4,6,8,11-12H2,1-2H3,(H,19,20)/t15-/m1/s1. The molecule has 1 N–H and O–H groups in total. The van der Waals surface area contributed by atoms with Crippen molar-refractivity contribution in [3.05, 3.63) is 47.5 Å². The number of aromatic nitrogens is 2. The van der Waals surface area contributed by atoms with Crippen molar-refractivity contribution in [3.63, 3.8) is 0 Å². The number of imidazole rings is 1. The van der Waals surface area contributed by atoms with Crippen LogP contribution in [-0.2, 0) is 4.79 Å². The Labute approximate surface area is 136 Å². The van der Waals surface area contributed by atoms with Gasteiger partial charge in [-0.15, -0.1) is 0 Å². The number of aryl methyl sites for hydroxylation is 1. The molecule has 1 fully saturated rings. The summed E-state index contributed by atoms with van der Waals surface area (Å²) < 4.78 is 5.80. The zero-order valence-electron chi connectivity index (χ0n) is 13.7. The number of ether oxygens (including phenoxy) is 1. The fraction of sp³-hybridized carbons (Fsp3) is 0.444. The number of carbonyl (C=O) groups is 1. The van der Waals surface area contributed by atoms with Crippen LogP contribution in [0.15, 0.2) is 30.6 Å². The quantitative estimate of drug-likeness (QED) is 0.922. The van der Waals surface area contributed by atoms with Gasteiger partial charge in [-0.3, -0.25) is 4.79 Å². The summed E-state index contributed by atoms with van der Waals surface area (Å²) in [6, 6.07) is 6.07. The Bertz CT molecular complexity index is 667. The first kappa shape index (κ1) is 15.6. The van der Waals surface area contributed by atoms with Crippen LogP contribution in [0.5, 0.6) is 5.75 Å². The number of H-pyrrole nitrogens is 1. The topological polar surface area (TPSA) is 58.2 Å². The van der Waals surface area contributed by atoms with Crippen molar-refractivity contribution in [1.82, 2.24) is 14.9 Å². The van der Waals surface area contributed by atoms with Gasteiger partial charge in [-0.05, 0) is 43.9 Å². The van der Waals surface area contributed by atoms with Gasteiger partial charge >= 0.3 is 0 Å². The Morgan fingerprint density at radius 1 is 1.43 bits per heavy atom. The number of carbonyl (C=O) groups excluding carboxylic acids is 1. The highest BCUT2D eigenvalue weighted by Crippen LogP contribution is 2.30. The van der Waals surface area contributed by atoms with E-state index in [0.717, 1.165) is 36.5 Å². The summed E-state index contributed by atoms with van der Waals surface area (Å²) in [5.41, 5.74) is 2.33. The van der Waals surface area contributed by atoms with E-state index in [2.05, 4.69) is 23.0 Å². The molecular formula is C18H23N3O2. The lowest BCUT2D eigenvalue weighted by atomic mass is 10.1. The lowest BCUT2D eigenvalue weighted by Crippen LogP contribution is -2.32. The van der Waals surface area contributed by atoms with Crippen molar-refractivity contribution >= 4 is 5.91 Å². The van der Waals surface area contributed by atoms with Crippen molar-refractivity contribution in [3.8, 4) is 5.75 Å². The molecule has 0 radical (unpaired) electrons. The normalized spacial score (nSPS) is 17.5. The van der Waals surface area contributed by atoms with E-state index < -0.39 is 0 Å². The van der Waals surface area contributed by atoms with Gasteiger partial charge in [0.05, 0.1) is 19.1 Å². The summed E-state index contributed by atoms with van der Waals surface area (Å²) in [7, 11) is 0. The van der Waals surface area contributed by atoms with Gasteiger partial charge in [-0.1, -0.05) is 12.1 Å². The Morgan fingerprint density at radius 2 is 2.30 bits per heavy atom. The Morgan fingerprint density at radius 3 is 3.09 bits per heavy atom. The maximum absolute atomic E-state index is 12.5. The van der Waals surface area contributed by atoms with Crippen LogP contribution >= 0.6 is 0 Å². The van der Waals surface area contributed by atoms with E-state index in [0.29, 0.717) is 13.0 Å². The SMILES string of the molecule is Cc1cccc(OCCC(=O)N2CCC[C@@H]2c2ncc[nH]2)c1C. The molecule has 122 valence electrons. The summed E-state index contributed by atoms with van der Waals surface area (Å²) in [4.78, 5) is 21.8. The second kappa shape index (κ2) is 6.86. The van der Waals surface area contributed by atoms with Gasteiger partial charge in [0.1, 0.15) is 11.6 Å². The van der Waals surface area contributed by atoms with Crippen molar-refractivity contribution < 1.29 is 9.53 Å². The molecule has 0 spiro atoms. The third kappa shape index (κ3) is 3.38. The van der Waals surface area contributed by atoms with Gasteiger partial charge in [0, 0.05) is 18.9 Å². The molecule has 1 aliphatic heterocycles. The number of amides is 1. The number of rotatable bonds is 5. The Balaban J connectivity index is 1.56. The summed E-state index contributed by atoms with van der Waals surface area (Å²) in [6.07, 6.45) is 5.93. The highest BCUT2D eigenvalue weighted by atomic mass is 16.5. The maximum Gasteiger partial charge on any atom is 0.226 e. The second-order valence-corrected chi connectivity index (χ2v) is 6.02. The number of aromatic amines is 1. The number of nitrogens with one attached hydrogen (secondary N) is 1. The predicted molar refractivity (Wildman–Crippen MR) is 88.3 cm³/mol. The molecule has 0 bridgehead atoms. The molecule has 2 aromatic rings. The minimum Gasteiger partial charge on any atom is -0.493 e. The molecule has 1 aromatic carbocycles. The third-order valence-electron chi connectivity index (χ3n) is 4.54. The van der Waals surface area contributed by atoms with Gasteiger partial charge in [-0.2, -0.15) is 0 Å². The van der Waals surface area contributed by atoms with Crippen LogP contribution in [0.1, 0.15) is 42.3 Å². The number of hydrogen-bond acceptors (Lipinski definition) is 3. The molecule has 1 aliphatic rings. The number of nitrogens with zero attached hydrogens (tertiary/aromatic N) is 2. The first-order chi connectivity index (χ1) is 11.2. The number of likely N-dealkylation sites (tertiary alicyclic amines) is 1. The predicted octanol–water partition coefficient (Wildman–Crippen LogP) is 3.16. The summed E-state index contributed by atoms with van der Waals surface area (Å²) in [6.45, 7) is 5.31. The van der Waals surface area contributed by atoms with Crippen LogP contribution < -0.4 is 4.74 Å². The smallest absolute Gasteiger partial charge is 0.226 e. The van der Waals surface area contributed by atoms with Crippen LogP contribution in [0, 0.1) is 13.8 Å². The number of hydrogen-bond donors (Lipinski definition) is 1. The van der Waals surface area contributed by atoms with Crippen LogP contribution in [0.3, 0.4) is 0 Å². The first-order valence-electron chi connectivity index (χ1n) is 8.14. The van der Waals surface area contributed by atoms with E-state index in [9.17, 15) is 4.79 Å². The fourth-order valence-corrected chi connectivity index (χ4v) is 3.08. The minimum absolute atomic E-state index is 0.0817. The molecule has 1 saturated heterocycles. The van der Waals surface area contributed by atoms with Gasteiger partial charge in [-0.25, -0.2) is 4.98 Å². The molecular weight excluding hydrogens is 290 g/mol. The lowest BCUT2D eigenvalue weighted by Gasteiger charge is -2.23. The molecule has 5 nitrogen and oxygen atoms in total. The Hall–Kier alpha value is -2.30. The summed E-state index contributed by atoms with van der Waals surface area (Å²) in [5.74, 6) is 1.88. The van der Waals surface area contributed by atoms with E-state index in [1.165, 1.54) is 5.56 Å². The lowest BCUT2D eigenvalue weighted by molar-refractivity contribution is -0.132. The van der Waals surface area contributed by atoms with Gasteiger partial charge < -0.3 is 14.6 Å². The number of benzene rings is 1. The Kier molecular flexibility index (Phi) is 4.65. The second-order valence-electron chi connectivity index (χ2n) is 6.02. The van der Waals surface area contributed by atoms with Crippen molar-refractivity contribution in [2.24, 2.45) is 0 Å². The molecule has 2 heterocycles. The molecule has 0 saturated carbocycles. The first-order valence-corrected chi connectivity index (χ1v) is 8.14. The molecule has 1 aromatic heterocycles. The maximum atomic E-state index is 12.5. The zero-order valence-corrected chi connectivity index (χ0v) is 13.7. The van der Waals surface area contributed by atoms with Crippen molar-refractivity contribution in [1.29, 1.82) is 0 Å². The largest absolute Gasteiger partial charge is 0.493 e. The monoisotopic (exact) mass is 313 g/mol. The van der Waals surface area contributed by atoms with Crippen molar-refractivity contribution in [2.75, 3.05) is 13.2 Å². The minimum atomic E-state index is 0.0817. The molecule has 0 unspecified atom stereocenters. The van der Waals surface area contributed by atoms with Crippen LogP contribution in [0.25, 0.3) is 0 Å². The summed E-state index contributed by atoms with van der Waals surface area (Å²) >= 11 is 0. The van der Waals surface area contributed by atoms with Crippen LogP contribution in [0.4, 0.5) is 0 Å². The van der Waals surface area contributed by atoms with E-state index >= 15 is 0 Å². The van der Waals surface area contributed by atoms with E-state index in [-0.39, 0.29) is 11.9 Å². The van der Waals surface area contributed by atoms with Gasteiger partial charge in [0.15, 0.2) is 0 Å². The molecule has 0 aliphatic carbocycles. The molecule has 5 heteroatoms. The molecule has 23 heavy (non-hydrogen) atoms.